The van der Waals surface area contributed by atoms with Gasteiger partial charge in [-0.3, -0.25) is 14.8 Å². The first kappa shape index (κ1) is 17.3. The number of carbonyl (C=O) groups is 2. The Kier molecular flexibility index (Phi) is 6.65. The summed E-state index contributed by atoms with van der Waals surface area (Å²) < 4.78 is 0. The Morgan fingerprint density at radius 1 is 1.18 bits per heavy atom. The fourth-order valence-electron chi connectivity index (χ4n) is 1.57. The Hall–Kier alpha value is -2.80. The van der Waals surface area contributed by atoms with Gasteiger partial charge in [0.2, 0.25) is 0 Å². The highest BCUT2D eigenvalue weighted by Crippen LogP contribution is 2.04. The van der Waals surface area contributed by atoms with Crippen molar-refractivity contribution in [2.45, 2.75) is 26.0 Å². The highest BCUT2D eigenvalue weighted by molar-refractivity contribution is 5.97. The van der Waals surface area contributed by atoms with Crippen LogP contribution in [0, 0.1) is 23.7 Å². The van der Waals surface area contributed by atoms with E-state index >= 15 is 0 Å². The first-order chi connectivity index (χ1) is 10.5. The zero-order valence-electron chi connectivity index (χ0n) is 12.2. The van der Waals surface area contributed by atoms with E-state index in [9.17, 15) is 14.7 Å². The summed E-state index contributed by atoms with van der Waals surface area (Å²) in [6.07, 6.45) is -1.16. The molecule has 6 nitrogen and oxygen atoms in total. The number of hydrogen-bond donors (Lipinski definition) is 4. The van der Waals surface area contributed by atoms with Gasteiger partial charge in [0.15, 0.2) is 0 Å². The summed E-state index contributed by atoms with van der Waals surface area (Å²) in [5, 5.41) is 20.4. The van der Waals surface area contributed by atoms with E-state index in [0.29, 0.717) is 11.1 Å². The maximum Gasteiger partial charge on any atom is 0.268 e. The van der Waals surface area contributed by atoms with Gasteiger partial charge >= 0.3 is 0 Å². The zero-order valence-corrected chi connectivity index (χ0v) is 12.2. The summed E-state index contributed by atoms with van der Waals surface area (Å²) >= 11 is 0. The third-order valence-electron chi connectivity index (χ3n) is 2.70. The van der Waals surface area contributed by atoms with E-state index in [4.69, 9.17) is 5.21 Å². The molecule has 2 unspecified atom stereocenters. The Labute approximate surface area is 128 Å². The standard InChI is InChI=1S/C16H16N2O4/c1-3-4-5-6-12-7-9-13(10-8-12)15(20)17-14(11(2)19)16(21)18-22/h7-11,14,19,22H,1-2H3,(H,17,20)(H,18,21). The van der Waals surface area contributed by atoms with Gasteiger partial charge in [-0.05, 0) is 50.0 Å². The molecule has 1 rings (SSSR count). The lowest BCUT2D eigenvalue weighted by Gasteiger charge is -2.19. The molecule has 6 heteroatoms. The maximum absolute atomic E-state index is 12.0. The molecule has 0 aromatic heterocycles. The highest BCUT2D eigenvalue weighted by Gasteiger charge is 2.25. The van der Waals surface area contributed by atoms with Gasteiger partial charge in [-0.2, -0.15) is 0 Å². The molecule has 0 spiro atoms. The quantitative estimate of drug-likeness (QED) is 0.359. The van der Waals surface area contributed by atoms with Crippen LogP contribution in [0.2, 0.25) is 0 Å². The van der Waals surface area contributed by atoms with Crippen molar-refractivity contribution in [2.24, 2.45) is 0 Å². The first-order valence-corrected chi connectivity index (χ1v) is 6.45. The molecule has 114 valence electrons. The van der Waals surface area contributed by atoms with Crippen molar-refractivity contribution in [3.8, 4) is 23.7 Å². The Morgan fingerprint density at radius 2 is 1.82 bits per heavy atom. The molecular formula is C16H16N2O4. The topological polar surface area (TPSA) is 98.7 Å². The summed E-state index contributed by atoms with van der Waals surface area (Å²) in [7, 11) is 0. The van der Waals surface area contributed by atoms with Gasteiger partial charge in [-0.25, -0.2) is 5.48 Å². The number of nitrogens with one attached hydrogen (secondary N) is 2. The minimum absolute atomic E-state index is 0.295. The summed E-state index contributed by atoms with van der Waals surface area (Å²) in [6, 6.07) is 5.10. The molecule has 0 aliphatic rings. The lowest BCUT2D eigenvalue weighted by molar-refractivity contribution is -0.133. The van der Waals surface area contributed by atoms with Crippen molar-refractivity contribution in [3.63, 3.8) is 0 Å². The van der Waals surface area contributed by atoms with Crippen LogP contribution in [0.4, 0.5) is 0 Å². The maximum atomic E-state index is 12.0. The van der Waals surface area contributed by atoms with Crippen LogP contribution in [0.15, 0.2) is 24.3 Å². The lowest BCUT2D eigenvalue weighted by atomic mass is 10.1. The molecule has 0 heterocycles. The molecule has 1 aromatic rings. The van der Waals surface area contributed by atoms with Crippen LogP contribution in [-0.4, -0.2) is 34.3 Å². The van der Waals surface area contributed by atoms with E-state index in [1.165, 1.54) is 24.5 Å². The summed E-state index contributed by atoms with van der Waals surface area (Å²) in [5.74, 6) is 9.25. The zero-order chi connectivity index (χ0) is 16.5. The van der Waals surface area contributed by atoms with Crippen molar-refractivity contribution in [3.05, 3.63) is 35.4 Å². The van der Waals surface area contributed by atoms with Crippen LogP contribution in [0.3, 0.4) is 0 Å². The van der Waals surface area contributed by atoms with Crippen LogP contribution in [-0.2, 0) is 4.79 Å². The molecule has 22 heavy (non-hydrogen) atoms. The number of rotatable bonds is 4. The van der Waals surface area contributed by atoms with Gasteiger partial charge in [0.25, 0.3) is 11.8 Å². The second-order valence-electron chi connectivity index (χ2n) is 4.37. The third-order valence-corrected chi connectivity index (χ3v) is 2.70. The fraction of sp³-hybridized carbons (Fsp3) is 0.250. The smallest absolute Gasteiger partial charge is 0.268 e. The molecule has 0 bridgehead atoms. The van der Waals surface area contributed by atoms with E-state index in [2.05, 4.69) is 29.0 Å². The predicted octanol–water partition coefficient (Wildman–Crippen LogP) is 0.0460. The average Bonchev–Trinajstić information content (AvgIpc) is 2.52. The van der Waals surface area contributed by atoms with E-state index in [1.54, 1.807) is 19.1 Å². The van der Waals surface area contributed by atoms with E-state index in [0.717, 1.165) is 0 Å². The number of hydroxylamine groups is 1. The highest BCUT2D eigenvalue weighted by atomic mass is 16.5. The molecule has 0 saturated carbocycles. The van der Waals surface area contributed by atoms with Crippen molar-refractivity contribution < 1.29 is 19.9 Å². The van der Waals surface area contributed by atoms with Crippen LogP contribution in [0.1, 0.15) is 29.8 Å². The average molecular weight is 300 g/mol. The van der Waals surface area contributed by atoms with Gasteiger partial charge in [-0.1, -0.05) is 11.8 Å². The minimum Gasteiger partial charge on any atom is -0.391 e. The third kappa shape index (κ3) is 4.95. The largest absolute Gasteiger partial charge is 0.391 e. The Morgan fingerprint density at radius 3 is 2.32 bits per heavy atom. The summed E-state index contributed by atoms with van der Waals surface area (Å²) in [5.41, 5.74) is 2.39. The molecule has 4 N–H and O–H groups in total. The van der Waals surface area contributed by atoms with Gasteiger partial charge < -0.3 is 10.4 Å². The Balaban J connectivity index is 2.83. The van der Waals surface area contributed by atoms with Crippen LogP contribution < -0.4 is 10.8 Å². The molecule has 0 aliphatic carbocycles. The number of aliphatic hydroxyl groups is 1. The summed E-state index contributed by atoms with van der Waals surface area (Å²) in [4.78, 5) is 23.4. The normalized spacial score (nSPS) is 11.8. The van der Waals surface area contributed by atoms with Crippen molar-refractivity contribution in [2.75, 3.05) is 0 Å². The van der Waals surface area contributed by atoms with E-state index in [1.807, 2.05) is 0 Å². The molecule has 2 amide bonds. The number of benzene rings is 1. The minimum atomic E-state index is -1.25. The lowest BCUT2D eigenvalue weighted by Crippen LogP contribution is -2.51. The number of carbonyl (C=O) groups excluding carboxylic acids is 2. The molecule has 0 saturated heterocycles. The van der Waals surface area contributed by atoms with Crippen molar-refractivity contribution in [1.82, 2.24) is 10.8 Å². The SMILES string of the molecule is CC#CC#Cc1ccc(C(=O)NC(C(=O)NO)C(C)O)cc1. The predicted molar refractivity (Wildman–Crippen MR) is 79.6 cm³/mol. The van der Waals surface area contributed by atoms with Crippen molar-refractivity contribution in [1.29, 1.82) is 0 Å². The monoisotopic (exact) mass is 300 g/mol. The number of aliphatic hydroxyl groups excluding tert-OH is 1. The first-order valence-electron chi connectivity index (χ1n) is 6.45. The van der Waals surface area contributed by atoms with Gasteiger partial charge in [0.05, 0.1) is 6.10 Å². The number of amides is 2. The molecule has 0 aliphatic heterocycles. The van der Waals surface area contributed by atoms with Crippen molar-refractivity contribution >= 4 is 11.8 Å². The van der Waals surface area contributed by atoms with Gasteiger partial charge in [0, 0.05) is 11.1 Å². The van der Waals surface area contributed by atoms with Gasteiger partial charge in [-0.15, -0.1) is 0 Å². The molecule has 2 atom stereocenters. The van der Waals surface area contributed by atoms with Crippen LogP contribution >= 0.6 is 0 Å². The molecular weight excluding hydrogens is 284 g/mol. The number of hydrogen-bond acceptors (Lipinski definition) is 4. The van der Waals surface area contributed by atoms with E-state index < -0.39 is 24.0 Å². The van der Waals surface area contributed by atoms with Crippen LogP contribution in [0.25, 0.3) is 0 Å². The summed E-state index contributed by atoms with van der Waals surface area (Å²) in [6.45, 7) is 3.01. The second kappa shape index (κ2) is 8.48. The van der Waals surface area contributed by atoms with E-state index in [-0.39, 0.29) is 0 Å². The van der Waals surface area contributed by atoms with Crippen LogP contribution in [0.5, 0.6) is 0 Å². The molecule has 0 radical (unpaired) electrons. The van der Waals surface area contributed by atoms with Gasteiger partial charge in [0.1, 0.15) is 6.04 Å². The molecule has 0 fully saturated rings. The molecule has 1 aromatic carbocycles. The fourth-order valence-corrected chi connectivity index (χ4v) is 1.57. The Bertz CT molecular complexity index is 657. The second-order valence-corrected chi connectivity index (χ2v) is 4.37.